The third-order valence-electron chi connectivity index (χ3n) is 4.21. The molecule has 0 saturated heterocycles. The van der Waals surface area contributed by atoms with E-state index in [0.29, 0.717) is 6.42 Å². The van der Waals surface area contributed by atoms with Crippen molar-refractivity contribution >= 4 is 5.91 Å². The molecule has 7 nitrogen and oxygen atoms in total. The second-order valence-electron chi connectivity index (χ2n) is 6.44. The second kappa shape index (κ2) is 13.5. The zero-order valence-corrected chi connectivity index (χ0v) is 15.0. The summed E-state index contributed by atoms with van der Waals surface area (Å²) < 4.78 is 0. The van der Waals surface area contributed by atoms with E-state index in [1.165, 1.54) is 37.6 Å². The number of hydrogen-bond donors (Lipinski definition) is 5. The van der Waals surface area contributed by atoms with Crippen LogP contribution in [-0.4, -0.2) is 81.0 Å². The van der Waals surface area contributed by atoms with E-state index in [0.717, 1.165) is 19.3 Å². The van der Waals surface area contributed by atoms with Crippen LogP contribution in [0.3, 0.4) is 0 Å². The smallest absolute Gasteiger partial charge is 0.222 e. The molecule has 0 aromatic carbocycles. The van der Waals surface area contributed by atoms with Crippen molar-refractivity contribution in [2.45, 2.75) is 82.7 Å². The van der Waals surface area contributed by atoms with E-state index in [9.17, 15) is 25.2 Å². The monoisotopic (exact) mass is 349 g/mol. The van der Waals surface area contributed by atoms with Gasteiger partial charge in [0.25, 0.3) is 0 Å². The Morgan fingerprint density at radius 3 is 1.92 bits per heavy atom. The molecule has 0 aliphatic carbocycles. The summed E-state index contributed by atoms with van der Waals surface area (Å²) in [5, 5.41) is 47.1. The molecular weight excluding hydrogens is 314 g/mol. The van der Waals surface area contributed by atoms with Crippen LogP contribution in [0.1, 0.15) is 58.3 Å². The predicted molar refractivity (Wildman–Crippen MR) is 91.4 cm³/mol. The SMILES string of the molecule is CCCCCCCCCC(=O)N(C)C[C@@H](O)[C@@H](O)[C@@H](O)[C@H](O)CO. The number of rotatable bonds is 14. The normalized spacial score (nSPS) is 16.5. The van der Waals surface area contributed by atoms with Crippen LogP contribution in [0.15, 0.2) is 0 Å². The molecule has 7 heteroatoms. The van der Waals surface area contributed by atoms with Crippen LogP contribution in [0.25, 0.3) is 0 Å². The molecule has 0 rings (SSSR count). The molecule has 0 saturated carbocycles. The molecule has 144 valence electrons. The minimum absolute atomic E-state index is 0.132. The van der Waals surface area contributed by atoms with E-state index >= 15 is 0 Å². The summed E-state index contributed by atoms with van der Waals surface area (Å²) in [6, 6.07) is 0. The fourth-order valence-corrected chi connectivity index (χ4v) is 2.48. The first-order valence-electron chi connectivity index (χ1n) is 8.92. The largest absolute Gasteiger partial charge is 0.394 e. The standard InChI is InChI=1S/C17H35NO6/c1-3-4-5-6-7-8-9-10-15(22)18(2)11-13(20)16(23)17(24)14(21)12-19/h13-14,16-17,19-21,23-24H,3-12H2,1-2H3/t13-,14-,16-,17+/m1/s1. The minimum atomic E-state index is -1.67. The lowest BCUT2D eigenvalue weighted by molar-refractivity contribution is -0.138. The summed E-state index contributed by atoms with van der Waals surface area (Å²) in [7, 11) is 1.52. The molecule has 0 aliphatic rings. The maximum absolute atomic E-state index is 12.0. The second-order valence-corrected chi connectivity index (χ2v) is 6.44. The fraction of sp³-hybridized carbons (Fsp3) is 0.941. The number of hydrogen-bond acceptors (Lipinski definition) is 6. The molecule has 5 N–H and O–H groups in total. The van der Waals surface area contributed by atoms with Crippen molar-refractivity contribution < 1.29 is 30.3 Å². The Labute approximate surface area is 144 Å². The fourth-order valence-electron chi connectivity index (χ4n) is 2.48. The van der Waals surface area contributed by atoms with E-state index < -0.39 is 31.0 Å². The third-order valence-corrected chi connectivity index (χ3v) is 4.21. The third kappa shape index (κ3) is 9.54. The van der Waals surface area contributed by atoms with Gasteiger partial charge in [0, 0.05) is 20.0 Å². The molecule has 0 aliphatic heterocycles. The van der Waals surface area contributed by atoms with E-state index in [4.69, 9.17) is 5.11 Å². The Morgan fingerprint density at radius 1 is 0.875 bits per heavy atom. The molecule has 0 fully saturated rings. The molecular formula is C17H35NO6. The van der Waals surface area contributed by atoms with Crippen molar-refractivity contribution in [3.05, 3.63) is 0 Å². The molecule has 1 amide bonds. The highest BCUT2D eigenvalue weighted by molar-refractivity contribution is 5.75. The summed E-state index contributed by atoms with van der Waals surface area (Å²) in [4.78, 5) is 13.3. The molecule has 0 radical (unpaired) electrons. The molecule has 24 heavy (non-hydrogen) atoms. The van der Waals surface area contributed by atoms with E-state index in [1.54, 1.807) is 0 Å². The van der Waals surface area contributed by atoms with Gasteiger partial charge in [0.1, 0.15) is 24.4 Å². The van der Waals surface area contributed by atoms with Gasteiger partial charge in [-0.05, 0) is 6.42 Å². The van der Waals surface area contributed by atoms with Crippen LogP contribution < -0.4 is 0 Å². The first-order chi connectivity index (χ1) is 11.3. The predicted octanol–water partition coefficient (Wildman–Crippen LogP) is 0.0214. The summed E-state index contributed by atoms with van der Waals surface area (Å²) in [5.74, 6) is -0.132. The van der Waals surface area contributed by atoms with Crippen molar-refractivity contribution in [2.24, 2.45) is 0 Å². The molecule has 0 bridgehead atoms. The average Bonchev–Trinajstić information content (AvgIpc) is 2.58. The molecule has 0 spiro atoms. The summed E-state index contributed by atoms with van der Waals surface area (Å²) >= 11 is 0. The quantitative estimate of drug-likeness (QED) is 0.282. The minimum Gasteiger partial charge on any atom is -0.394 e. The Hall–Kier alpha value is -0.730. The van der Waals surface area contributed by atoms with Crippen molar-refractivity contribution in [1.82, 2.24) is 4.90 Å². The van der Waals surface area contributed by atoms with Crippen LogP contribution in [-0.2, 0) is 4.79 Å². The van der Waals surface area contributed by atoms with Crippen molar-refractivity contribution in [3.63, 3.8) is 0 Å². The van der Waals surface area contributed by atoms with Crippen LogP contribution >= 0.6 is 0 Å². The number of aliphatic hydroxyl groups is 5. The zero-order chi connectivity index (χ0) is 18.5. The van der Waals surface area contributed by atoms with Crippen LogP contribution in [0.4, 0.5) is 0 Å². The first kappa shape index (κ1) is 23.3. The van der Waals surface area contributed by atoms with Crippen molar-refractivity contribution in [2.75, 3.05) is 20.2 Å². The Morgan fingerprint density at radius 2 is 1.38 bits per heavy atom. The highest BCUT2D eigenvalue weighted by Crippen LogP contribution is 2.10. The Kier molecular flexibility index (Phi) is 13.1. The highest BCUT2D eigenvalue weighted by Gasteiger charge is 2.31. The van der Waals surface area contributed by atoms with Gasteiger partial charge in [0.15, 0.2) is 0 Å². The molecule has 0 aromatic heterocycles. The number of likely N-dealkylation sites (N-methyl/N-ethyl adjacent to an activating group) is 1. The van der Waals surface area contributed by atoms with E-state index in [-0.39, 0.29) is 12.5 Å². The number of carbonyl (C=O) groups excluding carboxylic acids is 1. The van der Waals surface area contributed by atoms with Gasteiger partial charge in [0.05, 0.1) is 6.61 Å². The number of aliphatic hydroxyl groups excluding tert-OH is 5. The lowest BCUT2D eigenvalue weighted by Crippen LogP contribution is -2.49. The average molecular weight is 349 g/mol. The number of unbranched alkanes of at least 4 members (excludes halogenated alkanes) is 6. The van der Waals surface area contributed by atoms with Gasteiger partial charge in [-0.2, -0.15) is 0 Å². The van der Waals surface area contributed by atoms with Gasteiger partial charge >= 0.3 is 0 Å². The van der Waals surface area contributed by atoms with Crippen LogP contribution in [0.2, 0.25) is 0 Å². The lowest BCUT2D eigenvalue weighted by Gasteiger charge is -2.28. The highest BCUT2D eigenvalue weighted by atomic mass is 16.4. The molecule has 0 heterocycles. The topological polar surface area (TPSA) is 121 Å². The molecule has 4 atom stereocenters. The van der Waals surface area contributed by atoms with E-state index in [1.807, 2.05) is 0 Å². The molecule has 0 unspecified atom stereocenters. The first-order valence-corrected chi connectivity index (χ1v) is 8.92. The van der Waals surface area contributed by atoms with Gasteiger partial charge in [-0.1, -0.05) is 45.4 Å². The lowest BCUT2D eigenvalue weighted by atomic mass is 10.0. The van der Waals surface area contributed by atoms with Crippen molar-refractivity contribution in [3.8, 4) is 0 Å². The van der Waals surface area contributed by atoms with Crippen LogP contribution in [0.5, 0.6) is 0 Å². The zero-order valence-electron chi connectivity index (χ0n) is 15.0. The van der Waals surface area contributed by atoms with Gasteiger partial charge in [-0.15, -0.1) is 0 Å². The van der Waals surface area contributed by atoms with Crippen LogP contribution in [0, 0.1) is 0 Å². The molecule has 0 aromatic rings. The summed E-state index contributed by atoms with van der Waals surface area (Å²) in [5.41, 5.74) is 0. The maximum atomic E-state index is 12.0. The summed E-state index contributed by atoms with van der Waals surface area (Å²) in [6.07, 6.45) is 1.92. The van der Waals surface area contributed by atoms with Gasteiger partial charge in [0.2, 0.25) is 5.91 Å². The Bertz CT molecular complexity index is 328. The number of amides is 1. The van der Waals surface area contributed by atoms with Gasteiger partial charge in [-0.3, -0.25) is 4.79 Å². The van der Waals surface area contributed by atoms with Crippen molar-refractivity contribution in [1.29, 1.82) is 0 Å². The van der Waals surface area contributed by atoms with Gasteiger partial charge < -0.3 is 30.4 Å². The van der Waals surface area contributed by atoms with Gasteiger partial charge in [-0.25, -0.2) is 0 Å². The number of carbonyl (C=O) groups is 1. The summed E-state index contributed by atoms with van der Waals surface area (Å²) in [6.45, 7) is 1.30. The number of nitrogens with zero attached hydrogens (tertiary/aromatic N) is 1. The van der Waals surface area contributed by atoms with E-state index in [2.05, 4.69) is 6.92 Å². The Balaban J connectivity index is 3.99. The maximum Gasteiger partial charge on any atom is 0.222 e.